The van der Waals surface area contributed by atoms with Crippen LogP contribution in [0.1, 0.15) is 36.7 Å². The Kier molecular flexibility index (Phi) is 6.93. The summed E-state index contributed by atoms with van der Waals surface area (Å²) in [6.45, 7) is 5.26. The number of rotatable bonds is 6. The van der Waals surface area contributed by atoms with Gasteiger partial charge in [0.25, 0.3) is 0 Å². The van der Waals surface area contributed by atoms with Crippen molar-refractivity contribution in [3.05, 3.63) is 71.0 Å². The maximum Gasteiger partial charge on any atom is 0.338 e. The van der Waals surface area contributed by atoms with E-state index in [2.05, 4.69) is 4.74 Å². The second-order valence-electron chi connectivity index (χ2n) is 7.03. The van der Waals surface area contributed by atoms with Gasteiger partial charge in [-0.15, -0.1) is 0 Å². The van der Waals surface area contributed by atoms with Crippen molar-refractivity contribution in [1.29, 1.82) is 0 Å². The lowest BCUT2D eigenvalue weighted by molar-refractivity contribution is -0.150. The fourth-order valence-corrected chi connectivity index (χ4v) is 2.23. The van der Waals surface area contributed by atoms with Gasteiger partial charge in [-0.2, -0.15) is 0 Å². The zero-order valence-electron chi connectivity index (χ0n) is 16.3. The molecule has 2 aromatic rings. The first-order valence-electron chi connectivity index (χ1n) is 8.68. The van der Waals surface area contributed by atoms with Gasteiger partial charge < -0.3 is 14.2 Å². The van der Waals surface area contributed by atoms with E-state index in [0.29, 0.717) is 16.9 Å². The molecule has 0 bridgehead atoms. The molecule has 0 aliphatic heterocycles. The van der Waals surface area contributed by atoms with Gasteiger partial charge >= 0.3 is 11.9 Å². The number of hydrogen-bond acceptors (Lipinski definition) is 5. The van der Waals surface area contributed by atoms with Crippen LogP contribution in [0, 0.1) is 5.82 Å². The van der Waals surface area contributed by atoms with E-state index in [0.717, 1.165) is 0 Å². The molecule has 0 heterocycles. The van der Waals surface area contributed by atoms with Gasteiger partial charge in [0, 0.05) is 0 Å². The Morgan fingerprint density at radius 1 is 1.00 bits per heavy atom. The Bertz CT molecular complexity index is 846. The third-order valence-corrected chi connectivity index (χ3v) is 3.54. The van der Waals surface area contributed by atoms with Crippen molar-refractivity contribution in [2.45, 2.75) is 26.4 Å². The van der Waals surface area contributed by atoms with E-state index in [4.69, 9.17) is 9.47 Å². The number of ether oxygens (including phenoxy) is 3. The summed E-state index contributed by atoms with van der Waals surface area (Å²) in [5.41, 5.74) is 0.711. The van der Waals surface area contributed by atoms with Gasteiger partial charge in [0.05, 0.1) is 18.2 Å². The molecule has 0 aromatic heterocycles. The number of methoxy groups -OCH3 is 1. The molecule has 0 aliphatic rings. The lowest BCUT2D eigenvalue weighted by Gasteiger charge is -2.21. The van der Waals surface area contributed by atoms with Crippen LogP contribution in [0.4, 0.5) is 4.39 Å². The summed E-state index contributed by atoms with van der Waals surface area (Å²) in [4.78, 5) is 24.1. The molecular formula is C22H23FO5. The number of hydrogen-bond donors (Lipinski definition) is 0. The predicted molar refractivity (Wildman–Crippen MR) is 103 cm³/mol. The van der Waals surface area contributed by atoms with Crippen molar-refractivity contribution in [3.63, 3.8) is 0 Å². The highest BCUT2D eigenvalue weighted by molar-refractivity contribution is 5.94. The number of carbonyl (C=O) groups excluding carboxylic acids is 2. The Morgan fingerprint density at radius 2 is 1.61 bits per heavy atom. The van der Waals surface area contributed by atoms with Crippen LogP contribution in [0.2, 0.25) is 0 Å². The molecule has 0 N–H and O–H groups in total. The summed E-state index contributed by atoms with van der Waals surface area (Å²) in [6, 6.07) is 12.1. The predicted octanol–water partition coefficient (Wildman–Crippen LogP) is 4.42. The fraction of sp³-hybridized carbons (Fsp3) is 0.273. The van der Waals surface area contributed by atoms with Crippen LogP contribution >= 0.6 is 0 Å². The summed E-state index contributed by atoms with van der Waals surface area (Å²) < 4.78 is 28.7. The second-order valence-corrected chi connectivity index (χ2v) is 7.03. The van der Waals surface area contributed by atoms with Crippen molar-refractivity contribution in [1.82, 2.24) is 0 Å². The molecule has 0 unspecified atom stereocenters. The molecule has 0 spiro atoms. The molecule has 0 saturated carbocycles. The van der Waals surface area contributed by atoms with E-state index in [1.54, 1.807) is 51.1 Å². The molecule has 0 fully saturated rings. The molecule has 148 valence electrons. The molecule has 5 nitrogen and oxygen atoms in total. The second kappa shape index (κ2) is 9.17. The van der Waals surface area contributed by atoms with Crippen LogP contribution in [0.15, 0.2) is 54.1 Å². The summed E-state index contributed by atoms with van der Waals surface area (Å²) in [5.74, 6) is -0.910. The minimum absolute atomic E-state index is 0.0563. The minimum atomic E-state index is -0.666. The highest BCUT2D eigenvalue weighted by atomic mass is 19.1. The first kappa shape index (κ1) is 21.2. The van der Waals surface area contributed by atoms with Gasteiger partial charge in [-0.3, -0.25) is 0 Å². The van der Waals surface area contributed by atoms with E-state index < -0.39 is 17.5 Å². The normalized spacial score (nSPS) is 11.7. The average Bonchev–Trinajstić information content (AvgIpc) is 2.64. The van der Waals surface area contributed by atoms with Crippen LogP contribution in [-0.2, 0) is 14.3 Å². The third kappa shape index (κ3) is 6.54. The highest BCUT2D eigenvalue weighted by Gasteiger charge is 2.20. The van der Waals surface area contributed by atoms with Crippen molar-refractivity contribution >= 4 is 18.0 Å². The van der Waals surface area contributed by atoms with E-state index in [1.807, 2.05) is 0 Å². The SMILES string of the molecule is COC(=O)c1ccc(/C=C(\COc2ccc(F)cc2)C(=O)OC(C)(C)C)cc1. The van der Waals surface area contributed by atoms with Crippen LogP contribution in [0.5, 0.6) is 5.75 Å². The molecule has 28 heavy (non-hydrogen) atoms. The summed E-state index contributed by atoms with van der Waals surface area (Å²) in [6.07, 6.45) is 1.62. The third-order valence-electron chi connectivity index (χ3n) is 3.54. The average molecular weight is 386 g/mol. The zero-order chi connectivity index (χ0) is 20.7. The van der Waals surface area contributed by atoms with Crippen molar-refractivity contribution in [2.75, 3.05) is 13.7 Å². The zero-order valence-corrected chi connectivity index (χ0v) is 16.3. The summed E-state index contributed by atoms with van der Waals surface area (Å²) in [5, 5.41) is 0. The number of halogens is 1. The van der Waals surface area contributed by atoms with Crippen molar-refractivity contribution < 1.29 is 28.2 Å². The number of benzene rings is 2. The van der Waals surface area contributed by atoms with Crippen LogP contribution in [-0.4, -0.2) is 31.3 Å². The lowest BCUT2D eigenvalue weighted by Crippen LogP contribution is -2.26. The Hall–Kier alpha value is -3.15. The number of esters is 2. The van der Waals surface area contributed by atoms with E-state index in [1.165, 1.54) is 31.4 Å². The topological polar surface area (TPSA) is 61.8 Å². The Balaban J connectivity index is 2.23. The molecule has 0 saturated heterocycles. The molecule has 0 radical (unpaired) electrons. The number of carbonyl (C=O) groups is 2. The van der Waals surface area contributed by atoms with Crippen molar-refractivity contribution in [2.24, 2.45) is 0 Å². The quantitative estimate of drug-likeness (QED) is 0.543. The molecule has 0 aliphatic carbocycles. The first-order chi connectivity index (χ1) is 13.2. The van der Waals surface area contributed by atoms with Crippen LogP contribution < -0.4 is 4.74 Å². The van der Waals surface area contributed by atoms with Gasteiger partial charge in [0.2, 0.25) is 0 Å². The smallest absolute Gasteiger partial charge is 0.338 e. The van der Waals surface area contributed by atoms with Gasteiger partial charge in [0.15, 0.2) is 0 Å². The van der Waals surface area contributed by atoms with E-state index >= 15 is 0 Å². The minimum Gasteiger partial charge on any atom is -0.489 e. The van der Waals surface area contributed by atoms with Gasteiger partial charge in [-0.25, -0.2) is 14.0 Å². The summed E-state index contributed by atoms with van der Waals surface area (Å²) >= 11 is 0. The Labute approximate surface area is 163 Å². The van der Waals surface area contributed by atoms with E-state index in [9.17, 15) is 14.0 Å². The van der Waals surface area contributed by atoms with Gasteiger partial charge in [0.1, 0.15) is 23.8 Å². The van der Waals surface area contributed by atoms with Crippen LogP contribution in [0.25, 0.3) is 6.08 Å². The highest BCUT2D eigenvalue weighted by Crippen LogP contribution is 2.18. The fourth-order valence-electron chi connectivity index (χ4n) is 2.23. The monoisotopic (exact) mass is 386 g/mol. The molecule has 6 heteroatoms. The molecule has 0 atom stereocenters. The molecule has 2 rings (SSSR count). The van der Waals surface area contributed by atoms with Gasteiger partial charge in [-0.05, 0) is 68.8 Å². The maximum absolute atomic E-state index is 13.0. The standard InChI is InChI=1S/C22H23FO5/c1-22(2,3)28-21(25)17(14-27-19-11-9-18(23)10-12-19)13-15-5-7-16(8-6-15)20(24)26-4/h5-13H,14H2,1-4H3/b17-13+. The van der Waals surface area contributed by atoms with Crippen molar-refractivity contribution in [3.8, 4) is 5.75 Å². The molecule has 0 amide bonds. The van der Waals surface area contributed by atoms with Gasteiger partial charge in [-0.1, -0.05) is 12.1 Å². The maximum atomic E-state index is 13.0. The lowest BCUT2D eigenvalue weighted by atomic mass is 10.1. The molecular weight excluding hydrogens is 363 g/mol. The Morgan fingerprint density at radius 3 is 2.14 bits per heavy atom. The van der Waals surface area contributed by atoms with Crippen LogP contribution in [0.3, 0.4) is 0 Å². The summed E-state index contributed by atoms with van der Waals surface area (Å²) in [7, 11) is 1.31. The largest absolute Gasteiger partial charge is 0.489 e. The van der Waals surface area contributed by atoms with E-state index in [-0.39, 0.29) is 18.0 Å². The first-order valence-corrected chi connectivity index (χ1v) is 8.68. The molecule has 2 aromatic carbocycles.